The fourth-order valence-corrected chi connectivity index (χ4v) is 2.69. The van der Waals surface area contributed by atoms with Gasteiger partial charge < -0.3 is 4.90 Å². The number of nitrogens with zero attached hydrogens (tertiary/aromatic N) is 3. The number of benzene rings is 1. The molecule has 1 amide bonds. The van der Waals surface area contributed by atoms with Crippen LogP contribution in [0.4, 0.5) is 0 Å². The Morgan fingerprint density at radius 1 is 1.35 bits per heavy atom. The number of hydrogen-bond acceptors (Lipinski definition) is 4. The van der Waals surface area contributed by atoms with E-state index in [4.69, 9.17) is 5.26 Å². The van der Waals surface area contributed by atoms with E-state index in [1.54, 1.807) is 23.9 Å². The van der Waals surface area contributed by atoms with Crippen molar-refractivity contribution in [2.75, 3.05) is 6.26 Å². The summed E-state index contributed by atoms with van der Waals surface area (Å²) in [5.74, 6) is -0.0773. The van der Waals surface area contributed by atoms with Gasteiger partial charge in [-0.15, -0.1) is 11.8 Å². The fraction of sp³-hybridized carbons (Fsp3) is 0.278. The molecule has 0 aliphatic carbocycles. The molecule has 0 bridgehead atoms. The lowest BCUT2D eigenvalue weighted by atomic mass is 10.1. The number of pyridine rings is 1. The smallest absolute Gasteiger partial charge is 0.255 e. The standard InChI is InChI=1S/C18H19N3OS/c1-13(2)21(12-14-5-4-6-17(9-14)23-3)18(22)15-7-8-16(10-19)20-11-15/h4-9,11,13H,12H2,1-3H3. The highest BCUT2D eigenvalue weighted by atomic mass is 32.2. The van der Waals surface area contributed by atoms with Gasteiger partial charge in [-0.2, -0.15) is 5.26 Å². The molecule has 0 aliphatic rings. The molecule has 23 heavy (non-hydrogen) atoms. The Labute approximate surface area is 141 Å². The summed E-state index contributed by atoms with van der Waals surface area (Å²) in [6, 6.07) is 13.4. The maximum Gasteiger partial charge on any atom is 0.255 e. The summed E-state index contributed by atoms with van der Waals surface area (Å²) in [6.07, 6.45) is 3.50. The zero-order valence-corrected chi connectivity index (χ0v) is 14.3. The summed E-state index contributed by atoms with van der Waals surface area (Å²) < 4.78 is 0. The molecular weight excluding hydrogens is 306 g/mol. The van der Waals surface area contributed by atoms with Crippen LogP contribution in [0.15, 0.2) is 47.5 Å². The monoisotopic (exact) mass is 325 g/mol. The van der Waals surface area contributed by atoms with Crippen LogP contribution in [0.2, 0.25) is 0 Å². The van der Waals surface area contributed by atoms with Gasteiger partial charge in [-0.05, 0) is 49.9 Å². The number of aromatic nitrogens is 1. The van der Waals surface area contributed by atoms with Crippen molar-refractivity contribution in [2.24, 2.45) is 0 Å². The minimum atomic E-state index is -0.0773. The van der Waals surface area contributed by atoms with Crippen LogP contribution in [0.1, 0.15) is 35.5 Å². The molecule has 5 heteroatoms. The Hall–Kier alpha value is -2.32. The van der Waals surface area contributed by atoms with E-state index in [1.807, 2.05) is 43.2 Å². The molecule has 0 saturated heterocycles. The van der Waals surface area contributed by atoms with Crippen LogP contribution in [0.5, 0.6) is 0 Å². The van der Waals surface area contributed by atoms with Gasteiger partial charge in [-0.25, -0.2) is 4.98 Å². The van der Waals surface area contributed by atoms with Gasteiger partial charge in [0.15, 0.2) is 0 Å². The van der Waals surface area contributed by atoms with Crippen molar-refractivity contribution in [2.45, 2.75) is 31.3 Å². The average Bonchev–Trinajstić information content (AvgIpc) is 2.59. The van der Waals surface area contributed by atoms with E-state index in [1.165, 1.54) is 11.1 Å². The van der Waals surface area contributed by atoms with E-state index in [2.05, 4.69) is 17.1 Å². The molecule has 4 nitrogen and oxygen atoms in total. The van der Waals surface area contributed by atoms with Crippen LogP contribution in [0, 0.1) is 11.3 Å². The Morgan fingerprint density at radius 3 is 2.70 bits per heavy atom. The molecule has 2 aromatic rings. The van der Waals surface area contributed by atoms with Crippen LogP contribution < -0.4 is 0 Å². The van der Waals surface area contributed by atoms with Gasteiger partial charge in [0.05, 0.1) is 5.56 Å². The van der Waals surface area contributed by atoms with E-state index < -0.39 is 0 Å². The lowest BCUT2D eigenvalue weighted by molar-refractivity contribution is 0.0690. The topological polar surface area (TPSA) is 57.0 Å². The van der Waals surface area contributed by atoms with Gasteiger partial charge in [0.25, 0.3) is 5.91 Å². The second kappa shape index (κ2) is 7.80. The second-order valence-electron chi connectivity index (χ2n) is 5.42. The van der Waals surface area contributed by atoms with E-state index in [-0.39, 0.29) is 11.9 Å². The summed E-state index contributed by atoms with van der Waals surface area (Å²) in [7, 11) is 0. The van der Waals surface area contributed by atoms with Crippen LogP contribution in [-0.4, -0.2) is 28.1 Å². The van der Waals surface area contributed by atoms with Gasteiger partial charge >= 0.3 is 0 Å². The number of thioether (sulfide) groups is 1. The summed E-state index contributed by atoms with van der Waals surface area (Å²) in [4.78, 5) is 19.7. The maximum atomic E-state index is 12.7. The van der Waals surface area contributed by atoms with Crippen molar-refractivity contribution in [1.29, 1.82) is 5.26 Å². The van der Waals surface area contributed by atoms with Crippen LogP contribution in [0.25, 0.3) is 0 Å². The molecule has 0 spiro atoms. The predicted octanol–water partition coefficient (Wildman–Crippen LogP) is 3.73. The molecule has 0 N–H and O–H groups in total. The molecule has 1 aromatic heterocycles. The molecule has 118 valence electrons. The van der Waals surface area contributed by atoms with Crippen molar-refractivity contribution in [3.8, 4) is 6.07 Å². The molecule has 1 aromatic carbocycles. The van der Waals surface area contributed by atoms with Gasteiger partial charge in [0, 0.05) is 23.7 Å². The molecule has 0 radical (unpaired) electrons. The van der Waals surface area contributed by atoms with Crippen molar-refractivity contribution >= 4 is 17.7 Å². The zero-order valence-electron chi connectivity index (χ0n) is 13.5. The third kappa shape index (κ3) is 4.33. The number of carbonyl (C=O) groups is 1. The molecule has 0 aliphatic heterocycles. The number of carbonyl (C=O) groups excluding carboxylic acids is 1. The maximum absolute atomic E-state index is 12.7. The number of hydrogen-bond donors (Lipinski definition) is 0. The second-order valence-corrected chi connectivity index (χ2v) is 6.30. The molecule has 0 fully saturated rings. The quantitative estimate of drug-likeness (QED) is 0.786. The van der Waals surface area contributed by atoms with Crippen molar-refractivity contribution < 1.29 is 4.79 Å². The number of nitriles is 1. The highest BCUT2D eigenvalue weighted by Gasteiger charge is 2.19. The highest BCUT2D eigenvalue weighted by Crippen LogP contribution is 2.19. The molecule has 1 heterocycles. The van der Waals surface area contributed by atoms with Crippen LogP contribution >= 0.6 is 11.8 Å². The first-order chi connectivity index (χ1) is 11.0. The Kier molecular flexibility index (Phi) is 5.78. The molecule has 2 rings (SSSR count). The van der Waals surface area contributed by atoms with E-state index >= 15 is 0 Å². The first-order valence-corrected chi connectivity index (χ1v) is 8.57. The van der Waals surface area contributed by atoms with Gasteiger partial charge in [-0.1, -0.05) is 12.1 Å². The molecular formula is C18H19N3OS. The Bertz CT molecular complexity index is 720. The summed E-state index contributed by atoms with van der Waals surface area (Å²) in [6.45, 7) is 4.53. The predicted molar refractivity (Wildman–Crippen MR) is 92.2 cm³/mol. The van der Waals surface area contributed by atoms with E-state index in [0.717, 1.165) is 5.56 Å². The lowest BCUT2D eigenvalue weighted by Crippen LogP contribution is -2.36. The Balaban J connectivity index is 2.23. The number of amides is 1. The van der Waals surface area contributed by atoms with Crippen molar-refractivity contribution in [3.05, 3.63) is 59.4 Å². The van der Waals surface area contributed by atoms with Gasteiger partial charge in [0.2, 0.25) is 0 Å². The third-order valence-electron chi connectivity index (χ3n) is 3.50. The van der Waals surface area contributed by atoms with Gasteiger partial charge in [-0.3, -0.25) is 4.79 Å². The lowest BCUT2D eigenvalue weighted by Gasteiger charge is -2.27. The summed E-state index contributed by atoms with van der Waals surface area (Å²) in [5, 5.41) is 8.80. The molecule has 0 atom stereocenters. The van der Waals surface area contributed by atoms with Crippen molar-refractivity contribution in [1.82, 2.24) is 9.88 Å². The minimum absolute atomic E-state index is 0.0658. The van der Waals surface area contributed by atoms with Crippen LogP contribution in [0.3, 0.4) is 0 Å². The molecule has 0 saturated carbocycles. The number of rotatable bonds is 5. The minimum Gasteiger partial charge on any atom is -0.332 e. The summed E-state index contributed by atoms with van der Waals surface area (Å²) >= 11 is 1.68. The Morgan fingerprint density at radius 2 is 2.13 bits per heavy atom. The summed E-state index contributed by atoms with van der Waals surface area (Å²) in [5.41, 5.74) is 1.91. The SMILES string of the molecule is CSc1cccc(CN(C(=O)c2ccc(C#N)nc2)C(C)C)c1. The van der Waals surface area contributed by atoms with E-state index in [0.29, 0.717) is 17.8 Å². The largest absolute Gasteiger partial charge is 0.332 e. The zero-order chi connectivity index (χ0) is 16.8. The van der Waals surface area contributed by atoms with Crippen molar-refractivity contribution in [3.63, 3.8) is 0 Å². The average molecular weight is 325 g/mol. The van der Waals surface area contributed by atoms with E-state index in [9.17, 15) is 4.79 Å². The highest BCUT2D eigenvalue weighted by molar-refractivity contribution is 7.98. The van der Waals surface area contributed by atoms with Gasteiger partial charge in [0.1, 0.15) is 11.8 Å². The first kappa shape index (κ1) is 17.0. The fourth-order valence-electron chi connectivity index (χ4n) is 2.21. The first-order valence-electron chi connectivity index (χ1n) is 7.35. The third-order valence-corrected chi connectivity index (χ3v) is 4.22. The van der Waals surface area contributed by atoms with Crippen LogP contribution in [-0.2, 0) is 6.54 Å². The molecule has 0 unspecified atom stereocenters. The normalized spacial score (nSPS) is 10.4.